The summed E-state index contributed by atoms with van der Waals surface area (Å²) < 4.78 is 5.33. The van der Waals surface area contributed by atoms with E-state index in [2.05, 4.69) is 0 Å². The second-order valence-electron chi connectivity index (χ2n) is 5.53. The van der Waals surface area contributed by atoms with Crippen molar-refractivity contribution < 1.29 is 14.3 Å². The molecule has 0 N–H and O–H groups in total. The Hall–Kier alpha value is -2.13. The van der Waals surface area contributed by atoms with Crippen molar-refractivity contribution >= 4 is 23.4 Å². The highest BCUT2D eigenvalue weighted by molar-refractivity contribution is 6.30. The Kier molecular flexibility index (Phi) is 5.94. The van der Waals surface area contributed by atoms with Crippen LogP contribution in [-0.2, 0) is 20.9 Å². The molecular formula is C19H19ClO3. The summed E-state index contributed by atoms with van der Waals surface area (Å²) in [5.41, 5.74) is 1.73. The monoisotopic (exact) mass is 330 g/mol. The lowest BCUT2D eigenvalue weighted by Gasteiger charge is -2.21. The van der Waals surface area contributed by atoms with Crippen LogP contribution in [-0.4, -0.2) is 11.8 Å². The molecule has 0 bridgehead atoms. The number of hydrogen-bond donors (Lipinski definition) is 0. The van der Waals surface area contributed by atoms with Crippen molar-refractivity contribution in [2.75, 3.05) is 0 Å². The molecule has 0 aliphatic rings. The van der Waals surface area contributed by atoms with Crippen molar-refractivity contribution in [2.24, 2.45) is 5.92 Å². The van der Waals surface area contributed by atoms with E-state index in [0.29, 0.717) is 5.02 Å². The first-order valence-corrected chi connectivity index (χ1v) is 7.83. The smallest absolute Gasteiger partial charge is 0.317 e. The molecule has 0 amide bonds. The minimum Gasteiger partial charge on any atom is -0.460 e. The SMILES string of the molecule is CC(=O)C(C(=O)OCc1ccccc1)C(C)c1cccc(Cl)c1. The number of Topliss-reactive ketones (excluding diaryl/α,β-unsaturated/α-hetero) is 1. The number of esters is 1. The minimum absolute atomic E-state index is 0.158. The van der Waals surface area contributed by atoms with Crippen LogP contribution in [0.15, 0.2) is 54.6 Å². The zero-order valence-corrected chi connectivity index (χ0v) is 13.9. The molecule has 2 aromatic carbocycles. The van der Waals surface area contributed by atoms with Crippen molar-refractivity contribution in [2.45, 2.75) is 26.4 Å². The molecule has 0 heterocycles. The molecule has 0 saturated carbocycles. The van der Waals surface area contributed by atoms with Gasteiger partial charge in [0, 0.05) is 10.9 Å². The molecule has 0 aromatic heterocycles. The normalized spacial score (nSPS) is 13.2. The Morgan fingerprint density at radius 3 is 2.39 bits per heavy atom. The van der Waals surface area contributed by atoms with Gasteiger partial charge in [-0.3, -0.25) is 9.59 Å². The molecule has 0 radical (unpaired) electrons. The van der Waals surface area contributed by atoms with Gasteiger partial charge in [-0.1, -0.05) is 61.0 Å². The number of ether oxygens (including phenoxy) is 1. The number of carbonyl (C=O) groups excluding carboxylic acids is 2. The zero-order chi connectivity index (χ0) is 16.8. The summed E-state index contributed by atoms with van der Waals surface area (Å²) in [4.78, 5) is 24.3. The molecule has 2 rings (SSSR count). The first kappa shape index (κ1) is 17.2. The lowest BCUT2D eigenvalue weighted by molar-refractivity contribution is -0.153. The lowest BCUT2D eigenvalue weighted by atomic mass is 9.85. The first-order valence-electron chi connectivity index (χ1n) is 7.45. The zero-order valence-electron chi connectivity index (χ0n) is 13.2. The molecule has 2 unspecified atom stereocenters. The van der Waals surface area contributed by atoms with Gasteiger partial charge in [0.05, 0.1) is 0 Å². The number of ketones is 1. The molecule has 23 heavy (non-hydrogen) atoms. The van der Waals surface area contributed by atoms with Gasteiger partial charge in [-0.2, -0.15) is 0 Å². The third-order valence-electron chi connectivity index (χ3n) is 3.79. The van der Waals surface area contributed by atoms with Crippen LogP contribution in [0.4, 0.5) is 0 Å². The van der Waals surface area contributed by atoms with Crippen molar-refractivity contribution in [1.29, 1.82) is 0 Å². The molecule has 2 atom stereocenters. The number of benzene rings is 2. The predicted octanol–water partition coefficient (Wildman–Crippen LogP) is 4.39. The van der Waals surface area contributed by atoms with Gasteiger partial charge in [-0.15, -0.1) is 0 Å². The maximum atomic E-state index is 12.4. The number of carbonyl (C=O) groups is 2. The highest BCUT2D eigenvalue weighted by Crippen LogP contribution is 2.28. The fourth-order valence-electron chi connectivity index (χ4n) is 2.52. The quantitative estimate of drug-likeness (QED) is 0.582. The topological polar surface area (TPSA) is 43.4 Å². The van der Waals surface area contributed by atoms with Crippen LogP contribution in [0.5, 0.6) is 0 Å². The van der Waals surface area contributed by atoms with Gasteiger partial charge in [0.1, 0.15) is 18.3 Å². The summed E-state index contributed by atoms with van der Waals surface area (Å²) in [7, 11) is 0. The Balaban J connectivity index is 2.11. The predicted molar refractivity (Wildman–Crippen MR) is 90.3 cm³/mol. The molecular weight excluding hydrogens is 312 g/mol. The molecule has 4 heteroatoms. The summed E-state index contributed by atoms with van der Waals surface area (Å²) in [5, 5.41) is 0.578. The fraction of sp³-hybridized carbons (Fsp3) is 0.263. The maximum absolute atomic E-state index is 12.4. The summed E-state index contributed by atoms with van der Waals surface area (Å²) >= 11 is 5.99. The summed E-state index contributed by atoms with van der Waals surface area (Å²) in [5.74, 6) is -1.85. The van der Waals surface area contributed by atoms with Gasteiger partial charge in [-0.25, -0.2) is 0 Å². The Bertz CT molecular complexity index is 682. The Morgan fingerprint density at radius 1 is 1.09 bits per heavy atom. The second-order valence-corrected chi connectivity index (χ2v) is 5.96. The molecule has 0 saturated heterocycles. The molecule has 120 valence electrons. The van der Waals surface area contributed by atoms with Crippen LogP contribution in [0.25, 0.3) is 0 Å². The average Bonchev–Trinajstić information content (AvgIpc) is 2.53. The van der Waals surface area contributed by atoms with Gasteiger partial charge in [0.25, 0.3) is 0 Å². The average molecular weight is 331 g/mol. The molecule has 0 fully saturated rings. The maximum Gasteiger partial charge on any atom is 0.317 e. The van der Waals surface area contributed by atoms with Crippen LogP contribution >= 0.6 is 11.6 Å². The van der Waals surface area contributed by atoms with Crippen LogP contribution in [0.2, 0.25) is 5.02 Å². The van der Waals surface area contributed by atoms with E-state index < -0.39 is 11.9 Å². The highest BCUT2D eigenvalue weighted by atomic mass is 35.5. The number of rotatable bonds is 6. The van der Waals surface area contributed by atoms with Gasteiger partial charge in [0.2, 0.25) is 0 Å². The largest absolute Gasteiger partial charge is 0.460 e. The standard InChI is InChI=1S/C19H19ClO3/c1-13(16-9-6-10-17(20)11-16)18(14(2)21)19(22)23-12-15-7-4-3-5-8-15/h3-11,13,18H,12H2,1-2H3. The molecule has 0 aliphatic heterocycles. The summed E-state index contributed by atoms with van der Waals surface area (Å²) in [6.45, 7) is 3.41. The fourth-order valence-corrected chi connectivity index (χ4v) is 2.72. The van der Waals surface area contributed by atoms with Crippen molar-refractivity contribution in [3.63, 3.8) is 0 Å². The second kappa shape index (κ2) is 7.93. The highest BCUT2D eigenvalue weighted by Gasteiger charge is 2.32. The van der Waals surface area contributed by atoms with Crippen molar-refractivity contribution in [3.05, 3.63) is 70.7 Å². The first-order chi connectivity index (χ1) is 11.0. The lowest BCUT2D eigenvalue weighted by Crippen LogP contribution is -2.29. The van der Waals surface area contributed by atoms with E-state index >= 15 is 0 Å². The molecule has 2 aromatic rings. The number of halogens is 1. The van der Waals surface area contributed by atoms with Crippen LogP contribution in [0, 0.1) is 5.92 Å². The van der Waals surface area contributed by atoms with Gasteiger partial charge < -0.3 is 4.74 Å². The van der Waals surface area contributed by atoms with Crippen LogP contribution < -0.4 is 0 Å². The molecule has 0 aliphatic carbocycles. The van der Waals surface area contributed by atoms with Gasteiger partial charge >= 0.3 is 5.97 Å². The molecule has 0 spiro atoms. The van der Waals surface area contributed by atoms with E-state index in [0.717, 1.165) is 11.1 Å². The van der Waals surface area contributed by atoms with Crippen molar-refractivity contribution in [1.82, 2.24) is 0 Å². The van der Waals surface area contributed by atoms with Crippen LogP contribution in [0.3, 0.4) is 0 Å². The molecule has 3 nitrogen and oxygen atoms in total. The van der Waals surface area contributed by atoms with E-state index in [1.54, 1.807) is 18.2 Å². The third kappa shape index (κ3) is 4.67. The van der Waals surface area contributed by atoms with E-state index in [4.69, 9.17) is 16.3 Å². The third-order valence-corrected chi connectivity index (χ3v) is 4.03. The summed E-state index contributed by atoms with van der Waals surface area (Å²) in [6, 6.07) is 16.6. The van der Waals surface area contributed by atoms with Gasteiger partial charge in [0.15, 0.2) is 0 Å². The minimum atomic E-state index is -0.836. The summed E-state index contributed by atoms with van der Waals surface area (Å²) in [6.07, 6.45) is 0. The van der Waals surface area contributed by atoms with Crippen LogP contribution in [0.1, 0.15) is 30.9 Å². The van der Waals surface area contributed by atoms with Gasteiger partial charge in [-0.05, 0) is 30.2 Å². The Morgan fingerprint density at radius 2 is 1.78 bits per heavy atom. The Labute approximate surface area is 141 Å². The van der Waals surface area contributed by atoms with E-state index in [1.807, 2.05) is 43.3 Å². The van der Waals surface area contributed by atoms with E-state index in [9.17, 15) is 9.59 Å². The number of hydrogen-bond acceptors (Lipinski definition) is 3. The van der Waals surface area contributed by atoms with E-state index in [1.165, 1.54) is 6.92 Å². The van der Waals surface area contributed by atoms with E-state index in [-0.39, 0.29) is 18.3 Å². The van der Waals surface area contributed by atoms with Crippen molar-refractivity contribution in [3.8, 4) is 0 Å².